The second-order valence-corrected chi connectivity index (χ2v) is 4.46. The predicted octanol–water partition coefficient (Wildman–Crippen LogP) is 2.55. The Hall–Kier alpha value is -3.22. The lowest BCUT2D eigenvalue weighted by Gasteiger charge is -2.12. The van der Waals surface area contributed by atoms with Gasteiger partial charge in [0, 0.05) is 5.69 Å². The third-order valence-electron chi connectivity index (χ3n) is 2.90. The molecule has 0 fully saturated rings. The quantitative estimate of drug-likeness (QED) is 0.712. The lowest BCUT2D eigenvalue weighted by Crippen LogP contribution is -2.32. The first-order chi connectivity index (χ1) is 11.1. The number of benzene rings is 2. The van der Waals surface area contributed by atoms with Crippen LogP contribution in [0.4, 0.5) is 10.5 Å². The summed E-state index contributed by atoms with van der Waals surface area (Å²) in [7, 11) is 1.53. The lowest BCUT2D eigenvalue weighted by molar-refractivity contribution is 0.0697. The monoisotopic (exact) mass is 316 g/mol. The van der Waals surface area contributed by atoms with Crippen molar-refractivity contribution in [2.24, 2.45) is 0 Å². The predicted molar refractivity (Wildman–Crippen MR) is 84.0 cm³/mol. The van der Waals surface area contributed by atoms with Gasteiger partial charge in [0.1, 0.15) is 0 Å². The third kappa shape index (κ3) is 4.63. The maximum Gasteiger partial charge on any atom is 0.335 e. The maximum atomic E-state index is 11.8. The molecule has 0 radical (unpaired) electrons. The topological polar surface area (TPSA) is 96.9 Å². The van der Waals surface area contributed by atoms with Gasteiger partial charge in [-0.15, -0.1) is 0 Å². The zero-order chi connectivity index (χ0) is 16.7. The van der Waals surface area contributed by atoms with Crippen molar-refractivity contribution >= 4 is 17.7 Å². The van der Waals surface area contributed by atoms with Gasteiger partial charge in [0.2, 0.25) is 0 Å². The Morgan fingerprint density at radius 1 is 1.09 bits per heavy atom. The molecule has 3 N–H and O–H groups in total. The minimum atomic E-state index is -1.06. The Morgan fingerprint density at radius 2 is 1.83 bits per heavy atom. The molecule has 0 aromatic heterocycles. The lowest BCUT2D eigenvalue weighted by atomic mass is 10.2. The number of nitrogens with one attached hydrogen (secondary N) is 2. The number of ether oxygens (including phenoxy) is 2. The average Bonchev–Trinajstić information content (AvgIpc) is 2.55. The molecule has 0 heterocycles. The van der Waals surface area contributed by atoms with Gasteiger partial charge < -0.3 is 25.2 Å². The molecule has 0 atom stereocenters. The van der Waals surface area contributed by atoms with Crippen molar-refractivity contribution < 1.29 is 24.2 Å². The highest BCUT2D eigenvalue weighted by atomic mass is 16.5. The van der Waals surface area contributed by atoms with Crippen LogP contribution >= 0.6 is 0 Å². The van der Waals surface area contributed by atoms with Crippen LogP contribution in [0.1, 0.15) is 10.4 Å². The number of para-hydroxylation sites is 2. The van der Waals surface area contributed by atoms with E-state index in [-0.39, 0.29) is 12.3 Å². The largest absolute Gasteiger partial charge is 0.493 e. The fourth-order valence-electron chi connectivity index (χ4n) is 1.82. The van der Waals surface area contributed by atoms with E-state index in [0.717, 1.165) is 0 Å². The fourth-order valence-corrected chi connectivity index (χ4v) is 1.82. The fraction of sp³-hybridized carbons (Fsp3) is 0.125. The van der Waals surface area contributed by atoms with E-state index in [9.17, 15) is 9.59 Å². The SMILES string of the molecule is COc1ccccc1OCNC(=O)Nc1cccc(C(=O)O)c1. The van der Waals surface area contributed by atoms with E-state index in [4.69, 9.17) is 14.6 Å². The smallest absolute Gasteiger partial charge is 0.335 e. The highest BCUT2D eigenvalue weighted by Crippen LogP contribution is 2.25. The molecule has 2 amide bonds. The maximum absolute atomic E-state index is 11.8. The molecule has 0 unspecified atom stereocenters. The molecule has 0 saturated heterocycles. The first kappa shape index (κ1) is 16.2. The molecule has 0 saturated carbocycles. The molecule has 0 bridgehead atoms. The summed E-state index contributed by atoms with van der Waals surface area (Å²) in [5, 5.41) is 13.9. The van der Waals surface area contributed by atoms with E-state index in [1.807, 2.05) is 0 Å². The Balaban J connectivity index is 1.86. The summed E-state index contributed by atoms with van der Waals surface area (Å²) in [5.41, 5.74) is 0.466. The summed E-state index contributed by atoms with van der Waals surface area (Å²) in [4.78, 5) is 22.6. The molecule has 0 aliphatic heterocycles. The summed E-state index contributed by atoms with van der Waals surface area (Å²) in [6.45, 7) is -0.0647. The highest BCUT2D eigenvalue weighted by molar-refractivity contribution is 5.93. The number of hydrogen-bond acceptors (Lipinski definition) is 4. The number of carbonyl (C=O) groups excluding carboxylic acids is 1. The minimum absolute atomic E-state index is 0.0647. The van der Waals surface area contributed by atoms with Crippen LogP contribution in [0.2, 0.25) is 0 Å². The number of carboxylic acid groups (broad SMARTS) is 1. The van der Waals surface area contributed by atoms with Gasteiger partial charge in [-0.25, -0.2) is 9.59 Å². The Kier molecular flexibility index (Phi) is 5.40. The normalized spacial score (nSPS) is 9.78. The van der Waals surface area contributed by atoms with Gasteiger partial charge >= 0.3 is 12.0 Å². The Morgan fingerprint density at radius 3 is 2.52 bits per heavy atom. The standard InChI is InChI=1S/C16H16N2O5/c1-22-13-7-2-3-8-14(13)23-10-17-16(21)18-12-6-4-5-11(9-12)15(19)20/h2-9H,10H2,1H3,(H,19,20)(H2,17,18,21). The molecule has 0 aliphatic carbocycles. The highest BCUT2D eigenvalue weighted by Gasteiger charge is 2.07. The van der Waals surface area contributed by atoms with Crippen LogP contribution in [0.15, 0.2) is 48.5 Å². The number of carboxylic acids is 1. The number of hydrogen-bond donors (Lipinski definition) is 3. The molecule has 7 nitrogen and oxygen atoms in total. The van der Waals surface area contributed by atoms with E-state index in [1.165, 1.54) is 19.2 Å². The summed E-state index contributed by atoms with van der Waals surface area (Å²) in [6.07, 6.45) is 0. The van der Waals surface area contributed by atoms with Crippen molar-refractivity contribution in [2.75, 3.05) is 19.2 Å². The number of aromatic carboxylic acids is 1. The molecule has 2 aromatic carbocycles. The van der Waals surface area contributed by atoms with Crippen LogP contribution in [0.25, 0.3) is 0 Å². The van der Waals surface area contributed by atoms with Crippen molar-refractivity contribution in [1.29, 1.82) is 0 Å². The zero-order valence-corrected chi connectivity index (χ0v) is 12.4. The Bertz CT molecular complexity index is 702. The van der Waals surface area contributed by atoms with Crippen LogP contribution in [0, 0.1) is 0 Å². The van der Waals surface area contributed by atoms with Crippen molar-refractivity contribution in [2.45, 2.75) is 0 Å². The molecular weight excluding hydrogens is 300 g/mol. The minimum Gasteiger partial charge on any atom is -0.493 e. The van der Waals surface area contributed by atoms with Crippen molar-refractivity contribution in [3.05, 3.63) is 54.1 Å². The summed E-state index contributed by atoms with van der Waals surface area (Å²) >= 11 is 0. The van der Waals surface area contributed by atoms with Gasteiger partial charge in [-0.05, 0) is 30.3 Å². The second-order valence-electron chi connectivity index (χ2n) is 4.46. The van der Waals surface area contributed by atoms with Gasteiger partial charge in [-0.1, -0.05) is 18.2 Å². The van der Waals surface area contributed by atoms with Gasteiger partial charge in [-0.3, -0.25) is 0 Å². The summed E-state index contributed by atoms with van der Waals surface area (Å²) < 4.78 is 10.5. The van der Waals surface area contributed by atoms with Gasteiger partial charge in [0.15, 0.2) is 18.2 Å². The van der Waals surface area contributed by atoms with Gasteiger partial charge in [-0.2, -0.15) is 0 Å². The van der Waals surface area contributed by atoms with E-state index in [0.29, 0.717) is 17.2 Å². The van der Waals surface area contributed by atoms with Gasteiger partial charge in [0.25, 0.3) is 0 Å². The average molecular weight is 316 g/mol. The zero-order valence-electron chi connectivity index (χ0n) is 12.4. The van der Waals surface area contributed by atoms with Crippen molar-refractivity contribution in [3.63, 3.8) is 0 Å². The first-order valence-corrected chi connectivity index (χ1v) is 6.74. The number of methoxy groups -OCH3 is 1. The van der Waals surface area contributed by atoms with Crippen LogP contribution in [0.5, 0.6) is 11.5 Å². The molecule has 120 valence electrons. The molecular formula is C16H16N2O5. The number of rotatable bonds is 6. The van der Waals surface area contributed by atoms with E-state index in [2.05, 4.69) is 10.6 Å². The summed E-state index contributed by atoms with van der Waals surface area (Å²) in [6, 6.07) is 12.5. The van der Waals surface area contributed by atoms with Crippen LogP contribution < -0.4 is 20.1 Å². The number of urea groups is 1. The van der Waals surface area contributed by atoms with Crippen LogP contribution in [0.3, 0.4) is 0 Å². The number of anilines is 1. The number of carbonyl (C=O) groups is 2. The van der Waals surface area contributed by atoms with Crippen molar-refractivity contribution in [1.82, 2.24) is 5.32 Å². The van der Waals surface area contributed by atoms with Crippen molar-refractivity contribution in [3.8, 4) is 11.5 Å². The van der Waals surface area contributed by atoms with E-state index in [1.54, 1.807) is 36.4 Å². The molecule has 2 aromatic rings. The van der Waals surface area contributed by atoms with Crippen LogP contribution in [-0.2, 0) is 0 Å². The second kappa shape index (κ2) is 7.69. The first-order valence-electron chi connectivity index (χ1n) is 6.74. The molecule has 2 rings (SSSR count). The molecule has 0 aliphatic rings. The molecule has 7 heteroatoms. The van der Waals surface area contributed by atoms with E-state index >= 15 is 0 Å². The van der Waals surface area contributed by atoms with E-state index < -0.39 is 12.0 Å². The molecule has 0 spiro atoms. The van der Waals surface area contributed by atoms with Gasteiger partial charge in [0.05, 0.1) is 12.7 Å². The Labute approximate surface area is 132 Å². The third-order valence-corrected chi connectivity index (χ3v) is 2.90. The van der Waals surface area contributed by atoms with Crippen LogP contribution in [-0.4, -0.2) is 30.9 Å². The summed E-state index contributed by atoms with van der Waals surface area (Å²) in [5.74, 6) is 0.000561. The number of amides is 2. The molecule has 23 heavy (non-hydrogen) atoms.